The zero-order valence-corrected chi connectivity index (χ0v) is 17.9. The standard InChI is InChI=1S/C25H21N5O3/c1-30-23-18-8-5-12-26-19(18)9-10-22(23)33-15-21(25(30)32)29-24(31)20-14-17(11-13-27-20)28-16-6-3-2-4-7-16/h2-14,21H,15H2,1H3,(H,27,28)(H,29,31)/t21-/m0/s1. The third-order valence-corrected chi connectivity index (χ3v) is 5.45. The van der Waals surface area contributed by atoms with Crippen LogP contribution < -0.4 is 20.3 Å². The number of benzene rings is 2. The van der Waals surface area contributed by atoms with Gasteiger partial charge in [-0.05, 0) is 48.5 Å². The Balaban J connectivity index is 1.36. The molecule has 0 bridgehead atoms. The fraction of sp³-hybridized carbons (Fsp3) is 0.120. The zero-order chi connectivity index (χ0) is 22.8. The first-order valence-electron chi connectivity index (χ1n) is 10.5. The molecule has 2 amide bonds. The third kappa shape index (κ3) is 4.06. The maximum atomic E-state index is 13.2. The van der Waals surface area contributed by atoms with Crippen LogP contribution in [0.5, 0.6) is 5.75 Å². The number of nitrogens with zero attached hydrogens (tertiary/aromatic N) is 3. The van der Waals surface area contributed by atoms with E-state index < -0.39 is 11.9 Å². The average Bonchev–Trinajstić information content (AvgIpc) is 2.97. The van der Waals surface area contributed by atoms with Gasteiger partial charge >= 0.3 is 0 Å². The van der Waals surface area contributed by atoms with Crippen LogP contribution >= 0.6 is 0 Å². The van der Waals surface area contributed by atoms with E-state index in [-0.39, 0.29) is 18.2 Å². The molecule has 0 unspecified atom stereocenters. The number of carbonyl (C=O) groups is 2. The van der Waals surface area contributed by atoms with Gasteiger partial charge in [0.25, 0.3) is 11.8 Å². The van der Waals surface area contributed by atoms with E-state index in [0.29, 0.717) is 17.1 Å². The third-order valence-electron chi connectivity index (χ3n) is 5.45. The molecule has 1 aliphatic rings. The molecule has 8 nitrogen and oxygen atoms in total. The van der Waals surface area contributed by atoms with E-state index in [4.69, 9.17) is 4.74 Å². The lowest BCUT2D eigenvalue weighted by molar-refractivity contribution is -0.120. The van der Waals surface area contributed by atoms with Crippen molar-refractivity contribution < 1.29 is 14.3 Å². The highest BCUT2D eigenvalue weighted by Crippen LogP contribution is 2.37. The number of carbonyl (C=O) groups excluding carboxylic acids is 2. The van der Waals surface area contributed by atoms with E-state index in [1.807, 2.05) is 48.5 Å². The van der Waals surface area contributed by atoms with Crippen LogP contribution in [0.4, 0.5) is 17.1 Å². The van der Waals surface area contributed by atoms with Crippen molar-refractivity contribution in [1.29, 1.82) is 0 Å². The average molecular weight is 439 g/mol. The number of amides is 2. The Labute approximate surface area is 190 Å². The minimum absolute atomic E-state index is 0.00956. The van der Waals surface area contributed by atoms with Crippen LogP contribution in [0.1, 0.15) is 10.5 Å². The molecule has 1 aliphatic heterocycles. The highest BCUT2D eigenvalue weighted by Gasteiger charge is 2.32. The van der Waals surface area contributed by atoms with Gasteiger partial charge in [-0.2, -0.15) is 0 Å². The molecule has 0 spiro atoms. The molecular weight excluding hydrogens is 418 g/mol. The first-order chi connectivity index (χ1) is 16.1. The van der Waals surface area contributed by atoms with Crippen LogP contribution in [0.25, 0.3) is 10.9 Å². The van der Waals surface area contributed by atoms with E-state index in [1.54, 1.807) is 37.6 Å². The Morgan fingerprint density at radius 2 is 1.85 bits per heavy atom. The summed E-state index contributed by atoms with van der Waals surface area (Å²) in [5.74, 6) is -0.174. The summed E-state index contributed by atoms with van der Waals surface area (Å²) in [5.41, 5.74) is 3.20. The second kappa shape index (κ2) is 8.58. The van der Waals surface area contributed by atoms with Crippen molar-refractivity contribution in [3.05, 3.63) is 84.8 Å². The summed E-state index contributed by atoms with van der Waals surface area (Å²) in [7, 11) is 1.67. The van der Waals surface area contributed by atoms with Crippen molar-refractivity contribution in [2.45, 2.75) is 6.04 Å². The number of hydrogen-bond acceptors (Lipinski definition) is 6. The summed E-state index contributed by atoms with van der Waals surface area (Å²) >= 11 is 0. The Morgan fingerprint density at radius 3 is 2.70 bits per heavy atom. The Bertz CT molecular complexity index is 1340. The molecule has 0 saturated heterocycles. The molecule has 3 heterocycles. The van der Waals surface area contributed by atoms with Crippen molar-refractivity contribution in [1.82, 2.24) is 15.3 Å². The number of rotatable bonds is 4. The Hall–Kier alpha value is -4.46. The number of hydrogen-bond donors (Lipinski definition) is 2. The van der Waals surface area contributed by atoms with Crippen molar-refractivity contribution in [2.24, 2.45) is 0 Å². The van der Waals surface area contributed by atoms with E-state index in [0.717, 1.165) is 16.6 Å². The molecule has 0 fully saturated rings. The van der Waals surface area contributed by atoms with Gasteiger partial charge in [-0.1, -0.05) is 18.2 Å². The smallest absolute Gasteiger partial charge is 0.270 e. The van der Waals surface area contributed by atoms with Gasteiger partial charge in [-0.25, -0.2) is 0 Å². The summed E-state index contributed by atoms with van der Waals surface area (Å²) in [5, 5.41) is 6.80. The summed E-state index contributed by atoms with van der Waals surface area (Å²) in [6.45, 7) is 0.00956. The molecule has 5 rings (SSSR count). The number of fused-ring (bicyclic) bond motifs is 3. The quantitative estimate of drug-likeness (QED) is 0.505. The number of likely N-dealkylation sites (N-methyl/N-ethyl adjacent to an activating group) is 1. The fourth-order valence-corrected chi connectivity index (χ4v) is 3.82. The van der Waals surface area contributed by atoms with Crippen molar-refractivity contribution >= 4 is 39.8 Å². The number of pyridine rings is 2. The van der Waals surface area contributed by atoms with Gasteiger partial charge in [0.1, 0.15) is 24.1 Å². The molecule has 164 valence electrons. The van der Waals surface area contributed by atoms with Crippen molar-refractivity contribution in [2.75, 3.05) is 23.9 Å². The lowest BCUT2D eigenvalue weighted by Gasteiger charge is -2.21. The molecular formula is C25H21N5O3. The monoisotopic (exact) mass is 439 g/mol. The second-order valence-electron chi connectivity index (χ2n) is 7.64. The number of nitrogens with one attached hydrogen (secondary N) is 2. The first kappa shape index (κ1) is 20.4. The minimum atomic E-state index is -0.867. The SMILES string of the molecule is CN1C(=O)[C@@H](NC(=O)c2cc(Nc3ccccc3)ccn2)COc2ccc3ncccc3c21. The lowest BCUT2D eigenvalue weighted by Crippen LogP contribution is -2.49. The van der Waals surface area contributed by atoms with Crippen molar-refractivity contribution in [3.63, 3.8) is 0 Å². The topological polar surface area (TPSA) is 96.5 Å². The van der Waals surface area contributed by atoms with E-state index in [2.05, 4.69) is 20.6 Å². The van der Waals surface area contributed by atoms with E-state index in [1.165, 1.54) is 4.90 Å². The second-order valence-corrected chi connectivity index (χ2v) is 7.64. The molecule has 1 atom stereocenters. The summed E-state index contributed by atoms with van der Waals surface area (Å²) in [4.78, 5) is 36.2. The highest BCUT2D eigenvalue weighted by atomic mass is 16.5. The Kier molecular flexibility index (Phi) is 5.32. The fourth-order valence-electron chi connectivity index (χ4n) is 3.82. The number of anilines is 3. The zero-order valence-electron chi connectivity index (χ0n) is 17.9. The van der Waals surface area contributed by atoms with E-state index in [9.17, 15) is 9.59 Å². The van der Waals surface area contributed by atoms with Gasteiger partial charge in [0.2, 0.25) is 0 Å². The van der Waals surface area contributed by atoms with Crippen LogP contribution in [0.3, 0.4) is 0 Å². The Morgan fingerprint density at radius 1 is 1.00 bits per heavy atom. The minimum Gasteiger partial charge on any atom is -0.489 e. The van der Waals surface area contributed by atoms with Crippen LogP contribution in [-0.4, -0.2) is 41.5 Å². The van der Waals surface area contributed by atoms with Crippen LogP contribution in [0.15, 0.2) is 79.1 Å². The van der Waals surface area contributed by atoms with Gasteiger partial charge < -0.3 is 20.3 Å². The van der Waals surface area contributed by atoms with E-state index >= 15 is 0 Å². The first-order valence-corrected chi connectivity index (χ1v) is 10.5. The summed E-state index contributed by atoms with van der Waals surface area (Å²) in [6, 6.07) is 19.5. The predicted molar refractivity (Wildman–Crippen MR) is 126 cm³/mol. The summed E-state index contributed by atoms with van der Waals surface area (Å²) < 4.78 is 5.91. The van der Waals surface area contributed by atoms with Crippen LogP contribution in [-0.2, 0) is 4.79 Å². The largest absolute Gasteiger partial charge is 0.489 e. The predicted octanol–water partition coefficient (Wildman–Crippen LogP) is 3.53. The van der Waals surface area contributed by atoms with Gasteiger partial charge in [-0.3, -0.25) is 19.6 Å². The number of aromatic nitrogens is 2. The highest BCUT2D eigenvalue weighted by molar-refractivity contribution is 6.08. The summed E-state index contributed by atoms with van der Waals surface area (Å²) in [6.07, 6.45) is 3.25. The maximum absolute atomic E-state index is 13.2. The maximum Gasteiger partial charge on any atom is 0.270 e. The van der Waals surface area contributed by atoms with Crippen molar-refractivity contribution in [3.8, 4) is 5.75 Å². The molecule has 2 aromatic heterocycles. The van der Waals surface area contributed by atoms with Gasteiger partial charge in [0.15, 0.2) is 0 Å². The molecule has 2 aromatic carbocycles. The van der Waals surface area contributed by atoms with Crippen LogP contribution in [0.2, 0.25) is 0 Å². The van der Waals surface area contributed by atoms with Gasteiger partial charge in [0, 0.05) is 36.2 Å². The molecule has 33 heavy (non-hydrogen) atoms. The van der Waals surface area contributed by atoms with Crippen LogP contribution in [0, 0.1) is 0 Å². The molecule has 8 heteroatoms. The molecule has 0 saturated carbocycles. The number of para-hydroxylation sites is 1. The molecule has 4 aromatic rings. The van der Waals surface area contributed by atoms with Gasteiger partial charge in [-0.15, -0.1) is 0 Å². The molecule has 0 aliphatic carbocycles. The lowest BCUT2D eigenvalue weighted by atomic mass is 10.1. The molecule has 0 radical (unpaired) electrons. The normalized spacial score (nSPS) is 15.4. The number of ether oxygens (including phenoxy) is 1. The molecule has 2 N–H and O–H groups in total. The van der Waals surface area contributed by atoms with Gasteiger partial charge in [0.05, 0.1) is 11.2 Å².